The predicted octanol–water partition coefficient (Wildman–Crippen LogP) is 0.626. The third-order valence-corrected chi connectivity index (χ3v) is 3.87. The minimum Gasteiger partial charge on any atom is -0.490 e. The summed E-state index contributed by atoms with van der Waals surface area (Å²) in [6, 6.07) is 6.13. The number of amides is 1. The van der Waals surface area contributed by atoms with Gasteiger partial charge in [0.05, 0.1) is 18.8 Å². The van der Waals surface area contributed by atoms with Gasteiger partial charge in [-0.25, -0.2) is 0 Å². The number of fused-ring (bicyclic) bond motifs is 1. The number of nitrogens with one attached hydrogen (secondary N) is 1. The quantitative estimate of drug-likeness (QED) is 0.860. The zero-order valence-electron chi connectivity index (χ0n) is 11.9. The van der Waals surface area contributed by atoms with Gasteiger partial charge >= 0.3 is 0 Å². The number of aryl methyl sites for hydroxylation is 1. The number of benzene rings is 1. The lowest BCUT2D eigenvalue weighted by molar-refractivity contribution is -0.130. The molecule has 2 aliphatic rings. The van der Waals surface area contributed by atoms with Crippen LogP contribution in [0.1, 0.15) is 5.56 Å². The van der Waals surface area contributed by atoms with Gasteiger partial charge in [0.15, 0.2) is 0 Å². The number of anilines is 1. The minimum atomic E-state index is 0.209. The van der Waals surface area contributed by atoms with E-state index in [2.05, 4.69) is 23.2 Å². The largest absolute Gasteiger partial charge is 0.490 e. The van der Waals surface area contributed by atoms with Crippen LogP contribution in [0.25, 0.3) is 0 Å². The fraction of sp³-hybridized carbons (Fsp3) is 0.533. The number of carbonyl (C=O) groups is 1. The third-order valence-electron chi connectivity index (χ3n) is 3.87. The van der Waals surface area contributed by atoms with Gasteiger partial charge in [0, 0.05) is 26.2 Å². The van der Waals surface area contributed by atoms with Gasteiger partial charge < -0.3 is 19.9 Å². The molecule has 0 saturated carbocycles. The Morgan fingerprint density at radius 3 is 2.90 bits per heavy atom. The molecule has 5 heteroatoms. The standard InChI is InChI=1S/C15H21N3O2/c1-12-2-3-14-13(10-12)18(8-9-20-14)11-15(19)17-6-4-16-5-7-17/h2-3,10,16H,4-9,11H2,1H3. The van der Waals surface area contributed by atoms with Gasteiger partial charge in [-0.3, -0.25) is 4.79 Å². The lowest BCUT2D eigenvalue weighted by Gasteiger charge is -2.34. The van der Waals surface area contributed by atoms with Crippen molar-refractivity contribution in [1.29, 1.82) is 0 Å². The van der Waals surface area contributed by atoms with Crippen molar-refractivity contribution in [3.05, 3.63) is 23.8 Å². The maximum atomic E-state index is 12.4. The highest BCUT2D eigenvalue weighted by Gasteiger charge is 2.23. The van der Waals surface area contributed by atoms with Crippen molar-refractivity contribution in [3.8, 4) is 5.75 Å². The lowest BCUT2D eigenvalue weighted by atomic mass is 10.1. The Balaban J connectivity index is 1.72. The lowest BCUT2D eigenvalue weighted by Crippen LogP contribution is -2.50. The monoisotopic (exact) mass is 275 g/mol. The normalized spacial score (nSPS) is 18.4. The molecule has 5 nitrogen and oxygen atoms in total. The van der Waals surface area contributed by atoms with E-state index in [1.807, 2.05) is 17.0 Å². The predicted molar refractivity (Wildman–Crippen MR) is 78.3 cm³/mol. The summed E-state index contributed by atoms with van der Waals surface area (Å²) in [5.41, 5.74) is 2.23. The van der Waals surface area contributed by atoms with Crippen LogP contribution in [0.2, 0.25) is 0 Å². The van der Waals surface area contributed by atoms with E-state index < -0.39 is 0 Å². The SMILES string of the molecule is Cc1ccc2c(c1)N(CC(=O)N1CCNCC1)CCO2. The van der Waals surface area contributed by atoms with Gasteiger partial charge in [0.25, 0.3) is 0 Å². The van der Waals surface area contributed by atoms with Crippen molar-refractivity contribution >= 4 is 11.6 Å². The molecule has 0 aliphatic carbocycles. The molecule has 1 fully saturated rings. The Bertz CT molecular complexity index is 498. The Kier molecular flexibility index (Phi) is 3.78. The molecule has 1 aromatic carbocycles. The maximum Gasteiger partial charge on any atom is 0.242 e. The topological polar surface area (TPSA) is 44.8 Å². The second-order valence-corrected chi connectivity index (χ2v) is 5.37. The van der Waals surface area contributed by atoms with Crippen LogP contribution in [0, 0.1) is 6.92 Å². The fourth-order valence-electron chi connectivity index (χ4n) is 2.72. The molecule has 108 valence electrons. The van der Waals surface area contributed by atoms with Gasteiger partial charge in [-0.1, -0.05) is 6.07 Å². The van der Waals surface area contributed by atoms with E-state index in [1.165, 1.54) is 5.56 Å². The zero-order valence-corrected chi connectivity index (χ0v) is 11.9. The van der Waals surface area contributed by atoms with Crippen LogP contribution in [0.5, 0.6) is 5.75 Å². The number of hydrogen-bond donors (Lipinski definition) is 1. The number of nitrogens with zero attached hydrogens (tertiary/aromatic N) is 2. The molecule has 2 heterocycles. The van der Waals surface area contributed by atoms with Gasteiger partial charge in [0.2, 0.25) is 5.91 Å². The van der Waals surface area contributed by atoms with E-state index in [1.54, 1.807) is 0 Å². The molecule has 0 radical (unpaired) electrons. The van der Waals surface area contributed by atoms with E-state index >= 15 is 0 Å². The second kappa shape index (κ2) is 5.71. The van der Waals surface area contributed by atoms with Crippen LogP contribution in [0.3, 0.4) is 0 Å². The molecule has 0 aromatic heterocycles. The van der Waals surface area contributed by atoms with Crippen LogP contribution in [0.4, 0.5) is 5.69 Å². The van der Waals surface area contributed by atoms with E-state index in [0.717, 1.165) is 44.2 Å². The summed E-state index contributed by atoms with van der Waals surface area (Å²) < 4.78 is 5.66. The summed E-state index contributed by atoms with van der Waals surface area (Å²) in [4.78, 5) is 16.5. The summed E-state index contributed by atoms with van der Waals surface area (Å²) in [7, 11) is 0. The van der Waals surface area contributed by atoms with E-state index in [4.69, 9.17) is 4.74 Å². The average Bonchev–Trinajstić information content (AvgIpc) is 2.49. The summed E-state index contributed by atoms with van der Waals surface area (Å²) in [6.45, 7) is 7.33. The van der Waals surface area contributed by atoms with Crippen molar-refractivity contribution in [2.75, 3.05) is 50.8 Å². The average molecular weight is 275 g/mol. The first kappa shape index (κ1) is 13.2. The molecule has 0 spiro atoms. The van der Waals surface area contributed by atoms with Crippen LogP contribution in [-0.4, -0.2) is 56.7 Å². The van der Waals surface area contributed by atoms with Crippen molar-refractivity contribution in [2.24, 2.45) is 0 Å². The van der Waals surface area contributed by atoms with E-state index in [0.29, 0.717) is 13.2 Å². The van der Waals surface area contributed by atoms with Crippen molar-refractivity contribution in [2.45, 2.75) is 6.92 Å². The Labute approximate surface area is 119 Å². The molecule has 0 bridgehead atoms. The Morgan fingerprint density at radius 2 is 2.10 bits per heavy atom. The number of ether oxygens (including phenoxy) is 1. The highest BCUT2D eigenvalue weighted by Crippen LogP contribution is 2.32. The second-order valence-electron chi connectivity index (χ2n) is 5.37. The van der Waals surface area contributed by atoms with Crippen LogP contribution in [0.15, 0.2) is 18.2 Å². The first-order valence-electron chi connectivity index (χ1n) is 7.21. The molecule has 3 rings (SSSR count). The van der Waals surface area contributed by atoms with E-state index in [-0.39, 0.29) is 5.91 Å². The third kappa shape index (κ3) is 2.72. The number of hydrogen-bond acceptors (Lipinski definition) is 4. The first-order chi connectivity index (χ1) is 9.74. The molecule has 1 aromatic rings. The van der Waals surface area contributed by atoms with Crippen LogP contribution >= 0.6 is 0 Å². The smallest absolute Gasteiger partial charge is 0.242 e. The summed E-state index contributed by atoms with van der Waals surface area (Å²) in [6.07, 6.45) is 0. The number of carbonyl (C=O) groups excluding carboxylic acids is 1. The molecular weight excluding hydrogens is 254 g/mol. The van der Waals surface area contributed by atoms with Crippen molar-refractivity contribution in [1.82, 2.24) is 10.2 Å². The summed E-state index contributed by atoms with van der Waals surface area (Å²) >= 11 is 0. The number of rotatable bonds is 2. The minimum absolute atomic E-state index is 0.209. The maximum absolute atomic E-state index is 12.4. The molecule has 1 saturated heterocycles. The fourth-order valence-corrected chi connectivity index (χ4v) is 2.72. The Morgan fingerprint density at radius 1 is 1.30 bits per heavy atom. The first-order valence-corrected chi connectivity index (χ1v) is 7.21. The van der Waals surface area contributed by atoms with E-state index in [9.17, 15) is 4.79 Å². The van der Waals surface area contributed by atoms with Gasteiger partial charge in [-0.15, -0.1) is 0 Å². The molecule has 2 aliphatic heterocycles. The van der Waals surface area contributed by atoms with Gasteiger partial charge in [0.1, 0.15) is 12.4 Å². The van der Waals surface area contributed by atoms with Gasteiger partial charge in [-0.2, -0.15) is 0 Å². The molecular formula is C15H21N3O2. The zero-order chi connectivity index (χ0) is 13.9. The van der Waals surface area contributed by atoms with Gasteiger partial charge in [-0.05, 0) is 24.6 Å². The summed E-state index contributed by atoms with van der Waals surface area (Å²) in [5, 5.41) is 3.27. The highest BCUT2D eigenvalue weighted by atomic mass is 16.5. The van der Waals surface area contributed by atoms with Crippen molar-refractivity contribution < 1.29 is 9.53 Å². The van der Waals surface area contributed by atoms with Crippen molar-refractivity contribution in [3.63, 3.8) is 0 Å². The van der Waals surface area contributed by atoms with Crippen LogP contribution < -0.4 is 15.0 Å². The number of piperazine rings is 1. The molecule has 1 amide bonds. The molecule has 0 unspecified atom stereocenters. The molecule has 1 N–H and O–H groups in total. The summed E-state index contributed by atoms with van der Waals surface area (Å²) in [5.74, 6) is 1.09. The van der Waals surface area contributed by atoms with Crippen LogP contribution in [-0.2, 0) is 4.79 Å². The molecule has 20 heavy (non-hydrogen) atoms. The Hall–Kier alpha value is -1.75. The highest BCUT2D eigenvalue weighted by molar-refractivity contribution is 5.82. The molecule has 0 atom stereocenters.